The predicted molar refractivity (Wildman–Crippen MR) is 139 cm³/mol. The zero-order chi connectivity index (χ0) is 28.0. The van der Waals surface area contributed by atoms with E-state index in [9.17, 15) is 18.0 Å². The second-order valence-electron chi connectivity index (χ2n) is 8.75. The van der Waals surface area contributed by atoms with Crippen LogP contribution in [0.3, 0.4) is 0 Å². The van der Waals surface area contributed by atoms with Crippen molar-refractivity contribution in [2.24, 2.45) is 16.8 Å². The lowest BCUT2D eigenvalue weighted by molar-refractivity contribution is -0.137. The van der Waals surface area contributed by atoms with Crippen LogP contribution in [0, 0.1) is 13.8 Å². The van der Waals surface area contributed by atoms with Gasteiger partial charge in [-0.25, -0.2) is 21.5 Å². The smallest absolute Gasteiger partial charge is 0.416 e. The Kier molecular flexibility index (Phi) is 8.97. The molecule has 0 heterocycles. The normalized spacial score (nSPS) is 11.8. The molecule has 2 amide bonds. The molecule has 3 aromatic carbocycles. The summed E-state index contributed by atoms with van der Waals surface area (Å²) >= 11 is 0. The molecule has 8 nitrogen and oxygen atoms in total. The van der Waals surface area contributed by atoms with Gasteiger partial charge in [-0.3, -0.25) is 5.01 Å². The maximum atomic E-state index is 12.9. The molecular weight excluding hydrogens is 499 g/mol. The first kappa shape index (κ1) is 28.5. The lowest BCUT2D eigenvalue weighted by atomic mass is 10.1. The summed E-state index contributed by atoms with van der Waals surface area (Å²) in [6, 6.07) is 15.2. The van der Waals surface area contributed by atoms with Crippen LogP contribution < -0.4 is 21.4 Å². The topological polar surface area (TPSA) is 106 Å². The SMILES string of the molecule is CC(=NOCc1cccc(C(F)(F)F)c1)c1ccc(OCc2c(C)cccc2N(N)C(=O)N(C)N)c(C)c1. The molecule has 0 saturated carbocycles. The molecule has 202 valence electrons. The minimum atomic E-state index is -4.42. The molecule has 4 N–H and O–H groups in total. The van der Waals surface area contributed by atoms with Crippen molar-refractivity contribution in [1.82, 2.24) is 5.01 Å². The summed E-state index contributed by atoms with van der Waals surface area (Å²) in [7, 11) is 1.40. The van der Waals surface area contributed by atoms with Crippen molar-refractivity contribution in [3.05, 3.63) is 94.0 Å². The second kappa shape index (κ2) is 12.0. The second-order valence-corrected chi connectivity index (χ2v) is 8.75. The highest BCUT2D eigenvalue weighted by Gasteiger charge is 2.30. The van der Waals surface area contributed by atoms with Crippen LogP contribution in [0.4, 0.5) is 23.7 Å². The van der Waals surface area contributed by atoms with Crippen LogP contribution in [0.15, 0.2) is 65.8 Å². The Morgan fingerprint density at radius 3 is 2.34 bits per heavy atom. The molecule has 0 aliphatic carbocycles. The first-order valence-electron chi connectivity index (χ1n) is 11.6. The standard InChI is InChI=1S/C27H30F3N5O3/c1-17-7-5-10-24(35(32)26(36)34(4)31)23(17)16-37-25-12-11-21(13-18(25)2)19(3)33-38-15-20-8-6-9-22(14-20)27(28,29)30/h5-14H,15-16,31-32H2,1-4H3. The van der Waals surface area contributed by atoms with Crippen LogP contribution in [0.5, 0.6) is 5.75 Å². The number of anilines is 1. The minimum absolute atomic E-state index is 0.0964. The number of oxime groups is 1. The molecule has 0 saturated heterocycles. The molecule has 3 aromatic rings. The number of benzene rings is 3. The Labute approximate surface area is 219 Å². The summed E-state index contributed by atoms with van der Waals surface area (Å²) in [6.07, 6.45) is -4.42. The highest BCUT2D eigenvalue weighted by molar-refractivity contribution is 5.98. The van der Waals surface area contributed by atoms with Gasteiger partial charge in [-0.1, -0.05) is 29.4 Å². The van der Waals surface area contributed by atoms with E-state index in [0.29, 0.717) is 22.7 Å². The Hall–Kier alpha value is -4.09. The van der Waals surface area contributed by atoms with E-state index >= 15 is 0 Å². The third kappa shape index (κ3) is 7.02. The van der Waals surface area contributed by atoms with Gasteiger partial charge in [0, 0.05) is 12.6 Å². The van der Waals surface area contributed by atoms with Gasteiger partial charge in [-0.05, 0) is 79.4 Å². The van der Waals surface area contributed by atoms with E-state index in [1.54, 1.807) is 37.3 Å². The van der Waals surface area contributed by atoms with Gasteiger partial charge in [0.05, 0.1) is 17.0 Å². The number of carbonyl (C=O) groups excluding carboxylic acids is 1. The Bertz CT molecular complexity index is 1330. The van der Waals surface area contributed by atoms with Crippen LogP contribution in [-0.4, -0.2) is 23.8 Å². The van der Waals surface area contributed by atoms with Gasteiger partial charge < -0.3 is 9.57 Å². The van der Waals surface area contributed by atoms with Gasteiger partial charge in [0.15, 0.2) is 0 Å². The quantitative estimate of drug-likeness (QED) is 0.175. The molecule has 3 rings (SSSR count). The van der Waals surface area contributed by atoms with Gasteiger partial charge in [-0.2, -0.15) is 13.2 Å². The van der Waals surface area contributed by atoms with Gasteiger partial charge in [0.1, 0.15) is 19.0 Å². The predicted octanol–water partition coefficient (Wildman–Crippen LogP) is 5.45. The number of aryl methyl sites for hydroxylation is 2. The van der Waals surface area contributed by atoms with E-state index in [0.717, 1.165) is 44.4 Å². The summed E-state index contributed by atoms with van der Waals surface area (Å²) in [5.41, 5.74) is 3.87. The van der Waals surface area contributed by atoms with E-state index in [-0.39, 0.29) is 13.2 Å². The number of rotatable bonds is 8. The molecule has 0 unspecified atom stereocenters. The fourth-order valence-corrected chi connectivity index (χ4v) is 3.65. The van der Waals surface area contributed by atoms with Crippen LogP contribution in [0.25, 0.3) is 0 Å². The third-order valence-corrected chi connectivity index (χ3v) is 5.80. The van der Waals surface area contributed by atoms with Gasteiger partial charge in [-0.15, -0.1) is 0 Å². The number of nitrogens with zero attached hydrogens (tertiary/aromatic N) is 3. The lowest BCUT2D eigenvalue weighted by Crippen LogP contribution is -2.49. The third-order valence-electron chi connectivity index (χ3n) is 5.80. The fourth-order valence-electron chi connectivity index (χ4n) is 3.65. The average molecular weight is 530 g/mol. The number of halogens is 3. The molecular formula is C27H30F3N5O3. The lowest BCUT2D eigenvalue weighted by Gasteiger charge is -2.24. The summed E-state index contributed by atoms with van der Waals surface area (Å²) in [5, 5.41) is 5.91. The molecule has 0 spiro atoms. The number of amides is 2. The number of carbonyl (C=O) groups is 1. The number of hydrazine groups is 2. The average Bonchev–Trinajstić information content (AvgIpc) is 2.87. The van der Waals surface area contributed by atoms with Gasteiger partial charge in [0.25, 0.3) is 0 Å². The van der Waals surface area contributed by atoms with Crippen LogP contribution in [-0.2, 0) is 24.2 Å². The number of nitrogens with two attached hydrogens (primary N) is 2. The van der Waals surface area contributed by atoms with Crippen molar-refractivity contribution in [2.45, 2.75) is 40.2 Å². The summed E-state index contributed by atoms with van der Waals surface area (Å²) < 4.78 is 44.7. The first-order chi connectivity index (χ1) is 17.9. The van der Waals surface area contributed by atoms with Crippen molar-refractivity contribution in [1.29, 1.82) is 0 Å². The van der Waals surface area contributed by atoms with Crippen molar-refractivity contribution >= 4 is 17.4 Å². The largest absolute Gasteiger partial charge is 0.489 e. The highest BCUT2D eigenvalue weighted by Crippen LogP contribution is 2.30. The van der Waals surface area contributed by atoms with Gasteiger partial charge in [0.2, 0.25) is 0 Å². The van der Waals surface area contributed by atoms with Crippen molar-refractivity contribution in [3.8, 4) is 5.75 Å². The molecule has 0 radical (unpaired) electrons. The molecule has 0 bridgehead atoms. The fraction of sp³-hybridized carbons (Fsp3) is 0.259. The van der Waals surface area contributed by atoms with Crippen LogP contribution >= 0.6 is 0 Å². The molecule has 0 aliphatic rings. The number of urea groups is 1. The van der Waals surface area contributed by atoms with E-state index in [1.807, 2.05) is 26.0 Å². The van der Waals surface area contributed by atoms with E-state index in [1.165, 1.54) is 13.1 Å². The molecule has 11 heteroatoms. The Balaban J connectivity index is 1.68. The first-order valence-corrected chi connectivity index (χ1v) is 11.6. The molecule has 38 heavy (non-hydrogen) atoms. The van der Waals surface area contributed by atoms with E-state index < -0.39 is 17.8 Å². The molecule has 0 aromatic heterocycles. The minimum Gasteiger partial charge on any atom is -0.489 e. The molecule has 0 atom stereocenters. The monoisotopic (exact) mass is 529 g/mol. The van der Waals surface area contributed by atoms with E-state index in [2.05, 4.69) is 5.16 Å². The van der Waals surface area contributed by atoms with Crippen molar-refractivity contribution in [2.75, 3.05) is 12.1 Å². The maximum Gasteiger partial charge on any atom is 0.416 e. The van der Waals surface area contributed by atoms with Crippen LogP contribution in [0.1, 0.15) is 40.3 Å². The number of hydrogen-bond acceptors (Lipinski definition) is 6. The number of alkyl halides is 3. The highest BCUT2D eigenvalue weighted by atomic mass is 19.4. The zero-order valence-electron chi connectivity index (χ0n) is 21.5. The maximum absolute atomic E-state index is 12.9. The molecule has 0 fully saturated rings. The van der Waals surface area contributed by atoms with Crippen LogP contribution in [0.2, 0.25) is 0 Å². The Morgan fingerprint density at radius 1 is 0.974 bits per heavy atom. The summed E-state index contributed by atoms with van der Waals surface area (Å²) in [6.45, 7) is 5.56. The Morgan fingerprint density at radius 2 is 1.68 bits per heavy atom. The summed E-state index contributed by atoms with van der Waals surface area (Å²) in [5.74, 6) is 12.2. The molecule has 0 aliphatic heterocycles. The van der Waals surface area contributed by atoms with Crippen molar-refractivity contribution in [3.63, 3.8) is 0 Å². The van der Waals surface area contributed by atoms with Gasteiger partial charge >= 0.3 is 12.2 Å². The zero-order valence-corrected chi connectivity index (χ0v) is 21.5. The van der Waals surface area contributed by atoms with E-state index in [4.69, 9.17) is 21.3 Å². The number of ether oxygens (including phenoxy) is 1. The van der Waals surface area contributed by atoms with Crippen molar-refractivity contribution < 1.29 is 27.5 Å². The number of hydrogen-bond donors (Lipinski definition) is 2. The summed E-state index contributed by atoms with van der Waals surface area (Å²) in [4.78, 5) is 17.5.